The van der Waals surface area contributed by atoms with E-state index in [0.717, 1.165) is 17.8 Å². The van der Waals surface area contributed by atoms with Crippen molar-refractivity contribution >= 4 is 23.2 Å². The van der Waals surface area contributed by atoms with Crippen molar-refractivity contribution in [1.82, 2.24) is 10.3 Å². The number of carbonyl (C=O) groups is 2. The number of nitrogens with zero attached hydrogens (tertiary/aromatic N) is 1. The summed E-state index contributed by atoms with van der Waals surface area (Å²) in [5, 5.41) is 12.2. The number of carbonyl (C=O) groups excluding carboxylic acids is 1. The number of carboxylic acid groups (broad SMARTS) is 1. The van der Waals surface area contributed by atoms with Crippen LogP contribution in [0, 0.1) is 6.92 Å². The number of nitrogens with one attached hydrogen (secondary N) is 1. The lowest BCUT2D eigenvalue weighted by Gasteiger charge is -2.22. The average Bonchev–Trinajstić information content (AvgIpc) is 2.67. The Labute approximate surface area is 116 Å². The highest BCUT2D eigenvalue weighted by Gasteiger charge is 2.27. The SMILES string of the molecule is CCCC(C)(N)C(=O)NCc1nc(C)c(C(=O)O)s1. The summed E-state index contributed by atoms with van der Waals surface area (Å²) in [6.45, 7) is 5.48. The average molecular weight is 285 g/mol. The number of thiazole rings is 1. The second kappa shape index (κ2) is 6.12. The first-order valence-corrected chi connectivity index (χ1v) is 6.86. The molecule has 4 N–H and O–H groups in total. The molecule has 0 aliphatic carbocycles. The van der Waals surface area contributed by atoms with Gasteiger partial charge in [0.1, 0.15) is 9.88 Å². The topological polar surface area (TPSA) is 105 Å². The van der Waals surface area contributed by atoms with Crippen LogP contribution in [0.1, 0.15) is 47.1 Å². The summed E-state index contributed by atoms with van der Waals surface area (Å²) in [5.41, 5.74) is 5.45. The molecule has 0 aliphatic rings. The molecule has 0 bridgehead atoms. The van der Waals surface area contributed by atoms with Crippen LogP contribution in [0.2, 0.25) is 0 Å². The Balaban J connectivity index is 2.65. The first kappa shape index (κ1) is 15.6. The van der Waals surface area contributed by atoms with Crippen molar-refractivity contribution in [3.05, 3.63) is 15.6 Å². The summed E-state index contributed by atoms with van der Waals surface area (Å²) >= 11 is 1.07. The van der Waals surface area contributed by atoms with Crippen LogP contribution >= 0.6 is 11.3 Å². The maximum Gasteiger partial charge on any atom is 0.347 e. The van der Waals surface area contributed by atoms with Crippen LogP contribution in [0.25, 0.3) is 0 Å². The van der Waals surface area contributed by atoms with E-state index >= 15 is 0 Å². The zero-order valence-electron chi connectivity index (χ0n) is 11.3. The normalized spacial score (nSPS) is 13.9. The maximum absolute atomic E-state index is 11.9. The lowest BCUT2D eigenvalue weighted by molar-refractivity contribution is -0.126. The fourth-order valence-electron chi connectivity index (χ4n) is 1.72. The fraction of sp³-hybridized carbons (Fsp3) is 0.583. The van der Waals surface area contributed by atoms with E-state index in [1.54, 1.807) is 13.8 Å². The van der Waals surface area contributed by atoms with Gasteiger partial charge in [-0.1, -0.05) is 13.3 Å². The monoisotopic (exact) mass is 285 g/mol. The Morgan fingerprint density at radius 2 is 2.16 bits per heavy atom. The van der Waals surface area contributed by atoms with Gasteiger partial charge in [-0.25, -0.2) is 9.78 Å². The summed E-state index contributed by atoms with van der Waals surface area (Å²) < 4.78 is 0. The van der Waals surface area contributed by atoms with E-state index in [1.165, 1.54) is 0 Å². The standard InChI is InChI=1S/C12H19N3O3S/c1-4-5-12(3,13)11(18)14-6-8-15-7(2)9(19-8)10(16)17/h4-6,13H2,1-3H3,(H,14,18)(H,16,17). The van der Waals surface area contributed by atoms with Crippen molar-refractivity contribution in [2.45, 2.75) is 45.7 Å². The lowest BCUT2D eigenvalue weighted by atomic mass is 9.97. The van der Waals surface area contributed by atoms with Gasteiger partial charge in [0.2, 0.25) is 5.91 Å². The molecule has 0 aliphatic heterocycles. The van der Waals surface area contributed by atoms with Crippen molar-refractivity contribution in [3.8, 4) is 0 Å². The van der Waals surface area contributed by atoms with Gasteiger partial charge in [0.15, 0.2) is 0 Å². The third kappa shape index (κ3) is 4.00. The zero-order chi connectivity index (χ0) is 14.6. The van der Waals surface area contributed by atoms with Gasteiger partial charge in [-0.2, -0.15) is 0 Å². The highest BCUT2D eigenvalue weighted by atomic mass is 32.1. The maximum atomic E-state index is 11.9. The molecule has 1 aromatic heterocycles. The second-order valence-corrected chi connectivity index (χ2v) is 5.76. The molecule has 1 heterocycles. The highest BCUT2D eigenvalue weighted by Crippen LogP contribution is 2.18. The molecular formula is C12H19N3O3S. The van der Waals surface area contributed by atoms with Gasteiger partial charge in [0.05, 0.1) is 17.8 Å². The predicted molar refractivity (Wildman–Crippen MR) is 73.2 cm³/mol. The van der Waals surface area contributed by atoms with E-state index in [-0.39, 0.29) is 17.3 Å². The number of aryl methyl sites for hydroxylation is 1. The number of hydrogen-bond donors (Lipinski definition) is 3. The number of carboxylic acids is 1. The number of nitrogens with two attached hydrogens (primary N) is 1. The Morgan fingerprint density at radius 3 is 2.63 bits per heavy atom. The van der Waals surface area contributed by atoms with Crippen LogP contribution in [0.5, 0.6) is 0 Å². The molecule has 0 aromatic carbocycles. The molecule has 1 amide bonds. The molecule has 0 saturated heterocycles. The summed E-state index contributed by atoms with van der Waals surface area (Å²) in [4.78, 5) is 27.1. The highest BCUT2D eigenvalue weighted by molar-refractivity contribution is 7.13. The third-order valence-electron chi connectivity index (χ3n) is 2.72. The molecule has 1 aromatic rings. The van der Waals surface area contributed by atoms with E-state index in [4.69, 9.17) is 10.8 Å². The molecule has 0 spiro atoms. The van der Waals surface area contributed by atoms with Crippen LogP contribution in [0.3, 0.4) is 0 Å². The van der Waals surface area contributed by atoms with E-state index in [9.17, 15) is 9.59 Å². The van der Waals surface area contributed by atoms with Crippen molar-refractivity contribution in [2.75, 3.05) is 0 Å². The smallest absolute Gasteiger partial charge is 0.347 e. The van der Waals surface area contributed by atoms with Crippen LogP contribution in [-0.2, 0) is 11.3 Å². The molecule has 1 rings (SSSR count). The van der Waals surface area contributed by atoms with E-state index in [0.29, 0.717) is 17.1 Å². The lowest BCUT2D eigenvalue weighted by Crippen LogP contribution is -2.51. The number of aromatic nitrogens is 1. The third-order valence-corrected chi connectivity index (χ3v) is 3.87. The summed E-state index contributed by atoms with van der Waals surface area (Å²) in [6, 6.07) is 0. The van der Waals surface area contributed by atoms with Crippen LogP contribution < -0.4 is 11.1 Å². The van der Waals surface area contributed by atoms with Gasteiger partial charge in [0.25, 0.3) is 0 Å². The Morgan fingerprint density at radius 1 is 1.53 bits per heavy atom. The van der Waals surface area contributed by atoms with E-state index < -0.39 is 11.5 Å². The molecule has 1 atom stereocenters. The number of aromatic carboxylic acids is 1. The molecule has 1 unspecified atom stereocenters. The molecule has 0 fully saturated rings. The molecule has 106 valence electrons. The predicted octanol–water partition coefficient (Wildman–Crippen LogP) is 1.28. The fourth-order valence-corrected chi connectivity index (χ4v) is 2.56. The summed E-state index contributed by atoms with van der Waals surface area (Å²) in [5.74, 6) is -1.25. The zero-order valence-corrected chi connectivity index (χ0v) is 12.1. The Hall–Kier alpha value is -1.47. The van der Waals surface area contributed by atoms with E-state index in [1.807, 2.05) is 6.92 Å². The van der Waals surface area contributed by atoms with Gasteiger partial charge in [-0.15, -0.1) is 11.3 Å². The van der Waals surface area contributed by atoms with Crippen LogP contribution in [-0.4, -0.2) is 27.5 Å². The van der Waals surface area contributed by atoms with Gasteiger partial charge in [0, 0.05) is 0 Å². The number of rotatable bonds is 6. The number of amides is 1. The van der Waals surface area contributed by atoms with Crippen LogP contribution in [0.4, 0.5) is 0 Å². The first-order chi connectivity index (χ1) is 8.77. The van der Waals surface area contributed by atoms with E-state index in [2.05, 4.69) is 10.3 Å². The molecule has 0 radical (unpaired) electrons. The molecule has 0 saturated carbocycles. The van der Waals surface area contributed by atoms with Gasteiger partial charge in [-0.3, -0.25) is 4.79 Å². The Bertz CT molecular complexity index is 483. The summed E-state index contributed by atoms with van der Waals surface area (Å²) in [7, 11) is 0. The van der Waals surface area contributed by atoms with Crippen molar-refractivity contribution < 1.29 is 14.7 Å². The van der Waals surface area contributed by atoms with Crippen LogP contribution in [0.15, 0.2) is 0 Å². The largest absolute Gasteiger partial charge is 0.477 e. The van der Waals surface area contributed by atoms with Gasteiger partial charge in [-0.05, 0) is 20.3 Å². The quantitative estimate of drug-likeness (QED) is 0.730. The van der Waals surface area contributed by atoms with Gasteiger partial charge < -0.3 is 16.2 Å². The number of hydrogen-bond acceptors (Lipinski definition) is 5. The minimum atomic E-state index is -0.998. The minimum Gasteiger partial charge on any atom is -0.477 e. The molecular weight excluding hydrogens is 266 g/mol. The van der Waals surface area contributed by atoms with Crippen molar-refractivity contribution in [2.24, 2.45) is 5.73 Å². The molecule has 19 heavy (non-hydrogen) atoms. The first-order valence-electron chi connectivity index (χ1n) is 6.04. The molecule has 7 heteroatoms. The Kier molecular flexibility index (Phi) is 5.02. The van der Waals surface area contributed by atoms with Gasteiger partial charge >= 0.3 is 5.97 Å². The summed E-state index contributed by atoms with van der Waals surface area (Å²) in [6.07, 6.45) is 1.41. The second-order valence-electron chi connectivity index (χ2n) is 4.68. The van der Waals surface area contributed by atoms with Crippen molar-refractivity contribution in [1.29, 1.82) is 0 Å². The van der Waals surface area contributed by atoms with Crippen molar-refractivity contribution in [3.63, 3.8) is 0 Å². The molecule has 6 nitrogen and oxygen atoms in total. The minimum absolute atomic E-state index is 0.202.